The number of benzene rings is 1. The molecular formula is C16H26BrIN4O2. The number of para-hydroxylation sites is 1. The van der Waals surface area contributed by atoms with E-state index in [1.165, 1.54) is 4.90 Å². The van der Waals surface area contributed by atoms with E-state index in [-0.39, 0.29) is 42.5 Å². The van der Waals surface area contributed by atoms with Gasteiger partial charge in [0, 0.05) is 20.6 Å². The molecule has 0 heterocycles. The second kappa shape index (κ2) is 12.3. The Labute approximate surface area is 169 Å². The van der Waals surface area contributed by atoms with Gasteiger partial charge in [-0.2, -0.15) is 0 Å². The molecule has 1 amide bonds. The standard InChI is InChI=1S/C16H25BrN4O2.HI/c1-5-18-16(20-11-15(22)21(3)4)19-10-12(2)23-14-9-7-6-8-13(14)17;/h6-9,12H,5,10-11H2,1-4H3,(H2,18,19,20);1H. The third kappa shape index (κ3) is 8.72. The summed E-state index contributed by atoms with van der Waals surface area (Å²) in [5, 5.41) is 6.29. The summed E-state index contributed by atoms with van der Waals surface area (Å²) >= 11 is 3.46. The van der Waals surface area contributed by atoms with Crippen molar-refractivity contribution in [3.63, 3.8) is 0 Å². The Bertz CT molecular complexity index is 541. The fourth-order valence-corrected chi connectivity index (χ4v) is 2.05. The van der Waals surface area contributed by atoms with Gasteiger partial charge in [-0.1, -0.05) is 12.1 Å². The van der Waals surface area contributed by atoms with Crippen molar-refractivity contribution in [1.29, 1.82) is 0 Å². The number of ether oxygens (including phenoxy) is 1. The van der Waals surface area contributed by atoms with Crippen molar-refractivity contribution in [2.24, 2.45) is 4.99 Å². The highest BCUT2D eigenvalue weighted by molar-refractivity contribution is 14.0. The number of nitrogens with zero attached hydrogens (tertiary/aromatic N) is 2. The third-order valence-corrected chi connectivity index (χ3v) is 3.59. The maximum atomic E-state index is 11.6. The summed E-state index contributed by atoms with van der Waals surface area (Å²) in [7, 11) is 3.43. The molecule has 6 nitrogen and oxygen atoms in total. The van der Waals surface area contributed by atoms with Gasteiger partial charge in [-0.3, -0.25) is 4.79 Å². The number of nitrogens with one attached hydrogen (secondary N) is 2. The molecule has 2 N–H and O–H groups in total. The van der Waals surface area contributed by atoms with Crippen LogP contribution >= 0.6 is 39.9 Å². The van der Waals surface area contributed by atoms with Gasteiger partial charge in [0.2, 0.25) is 5.91 Å². The zero-order valence-corrected chi connectivity index (χ0v) is 18.4. The van der Waals surface area contributed by atoms with Crippen molar-refractivity contribution in [3.8, 4) is 5.75 Å². The molecule has 0 aromatic heterocycles. The van der Waals surface area contributed by atoms with Crippen LogP contribution < -0.4 is 15.4 Å². The Balaban J connectivity index is 0.00000529. The van der Waals surface area contributed by atoms with E-state index in [1.54, 1.807) is 14.1 Å². The lowest BCUT2D eigenvalue weighted by atomic mass is 10.3. The lowest BCUT2D eigenvalue weighted by Crippen LogP contribution is -2.42. The van der Waals surface area contributed by atoms with E-state index in [0.29, 0.717) is 12.5 Å². The Morgan fingerprint density at radius 3 is 2.58 bits per heavy atom. The first-order chi connectivity index (χ1) is 10.9. The predicted octanol–water partition coefficient (Wildman–Crippen LogP) is 2.48. The van der Waals surface area contributed by atoms with Crippen LogP contribution in [0.2, 0.25) is 0 Å². The smallest absolute Gasteiger partial charge is 0.243 e. The number of likely N-dealkylation sites (N-methyl/N-ethyl adjacent to an activating group) is 1. The van der Waals surface area contributed by atoms with Gasteiger partial charge in [-0.15, -0.1) is 24.0 Å². The summed E-state index contributed by atoms with van der Waals surface area (Å²) in [5.41, 5.74) is 0. The first-order valence-electron chi connectivity index (χ1n) is 7.57. The maximum absolute atomic E-state index is 11.6. The molecule has 24 heavy (non-hydrogen) atoms. The molecule has 1 aromatic carbocycles. The van der Waals surface area contributed by atoms with Gasteiger partial charge in [0.1, 0.15) is 18.4 Å². The predicted molar refractivity (Wildman–Crippen MR) is 112 cm³/mol. The van der Waals surface area contributed by atoms with Crippen LogP contribution in [0, 0.1) is 0 Å². The molecule has 0 spiro atoms. The molecule has 0 fully saturated rings. The van der Waals surface area contributed by atoms with E-state index in [2.05, 4.69) is 31.6 Å². The van der Waals surface area contributed by atoms with Crippen LogP contribution in [0.4, 0.5) is 0 Å². The van der Waals surface area contributed by atoms with Gasteiger partial charge in [0.15, 0.2) is 5.96 Å². The van der Waals surface area contributed by atoms with Crippen molar-refractivity contribution in [3.05, 3.63) is 28.7 Å². The third-order valence-electron chi connectivity index (χ3n) is 2.94. The molecule has 0 aliphatic heterocycles. The molecule has 0 aliphatic carbocycles. The Morgan fingerprint density at radius 2 is 2.00 bits per heavy atom. The van der Waals surface area contributed by atoms with Crippen LogP contribution in [0.3, 0.4) is 0 Å². The molecule has 0 radical (unpaired) electrons. The van der Waals surface area contributed by atoms with Crippen LogP contribution in [0.1, 0.15) is 13.8 Å². The largest absolute Gasteiger partial charge is 0.488 e. The van der Waals surface area contributed by atoms with Gasteiger partial charge in [-0.05, 0) is 41.9 Å². The fourth-order valence-electron chi connectivity index (χ4n) is 1.67. The van der Waals surface area contributed by atoms with Crippen LogP contribution in [0.25, 0.3) is 0 Å². The van der Waals surface area contributed by atoms with Crippen molar-refractivity contribution in [2.75, 3.05) is 33.7 Å². The highest BCUT2D eigenvalue weighted by Crippen LogP contribution is 2.24. The van der Waals surface area contributed by atoms with Gasteiger partial charge >= 0.3 is 0 Å². The highest BCUT2D eigenvalue weighted by atomic mass is 127. The minimum absolute atomic E-state index is 0. The first-order valence-corrected chi connectivity index (χ1v) is 8.36. The van der Waals surface area contributed by atoms with E-state index in [4.69, 9.17) is 4.74 Å². The molecule has 136 valence electrons. The van der Waals surface area contributed by atoms with Crippen molar-refractivity contribution < 1.29 is 9.53 Å². The van der Waals surface area contributed by atoms with E-state index in [1.807, 2.05) is 38.1 Å². The minimum Gasteiger partial charge on any atom is -0.488 e. The highest BCUT2D eigenvalue weighted by Gasteiger charge is 2.09. The summed E-state index contributed by atoms with van der Waals surface area (Å²) in [6, 6.07) is 7.72. The fraction of sp³-hybridized carbons (Fsp3) is 0.500. The van der Waals surface area contributed by atoms with Crippen molar-refractivity contribution in [1.82, 2.24) is 15.5 Å². The van der Waals surface area contributed by atoms with Crippen LogP contribution in [-0.4, -0.2) is 56.6 Å². The molecule has 1 rings (SSSR count). The Kier molecular flexibility index (Phi) is 11.8. The van der Waals surface area contributed by atoms with Crippen molar-refractivity contribution >= 4 is 51.8 Å². The molecule has 1 aromatic rings. The van der Waals surface area contributed by atoms with Crippen LogP contribution in [0.15, 0.2) is 33.7 Å². The summed E-state index contributed by atoms with van der Waals surface area (Å²) in [6.45, 7) is 5.36. The molecular weight excluding hydrogens is 487 g/mol. The zero-order valence-electron chi connectivity index (χ0n) is 14.5. The number of rotatable bonds is 7. The molecule has 0 saturated carbocycles. The Hall–Kier alpha value is -1.03. The maximum Gasteiger partial charge on any atom is 0.243 e. The number of hydrogen-bond acceptors (Lipinski definition) is 3. The normalized spacial score (nSPS) is 12.0. The molecule has 1 atom stereocenters. The van der Waals surface area contributed by atoms with Crippen LogP contribution in [-0.2, 0) is 4.79 Å². The summed E-state index contributed by atoms with van der Waals surface area (Å²) in [5.74, 6) is 1.36. The molecule has 0 bridgehead atoms. The number of carbonyl (C=O) groups excluding carboxylic acids is 1. The van der Waals surface area contributed by atoms with Gasteiger partial charge in [-0.25, -0.2) is 4.99 Å². The lowest BCUT2D eigenvalue weighted by molar-refractivity contribution is -0.127. The SMILES string of the molecule is CCNC(=NCC(=O)N(C)C)NCC(C)Oc1ccccc1Br.I. The van der Waals surface area contributed by atoms with Crippen molar-refractivity contribution in [2.45, 2.75) is 20.0 Å². The Morgan fingerprint density at radius 1 is 1.33 bits per heavy atom. The topological polar surface area (TPSA) is 66.0 Å². The number of carbonyl (C=O) groups is 1. The summed E-state index contributed by atoms with van der Waals surface area (Å²) in [4.78, 5) is 17.4. The van der Waals surface area contributed by atoms with E-state index in [0.717, 1.165) is 16.8 Å². The average Bonchev–Trinajstić information content (AvgIpc) is 2.51. The van der Waals surface area contributed by atoms with Gasteiger partial charge in [0.05, 0.1) is 11.0 Å². The second-order valence-corrected chi connectivity index (χ2v) is 6.08. The molecule has 0 saturated heterocycles. The van der Waals surface area contributed by atoms with E-state index >= 15 is 0 Å². The lowest BCUT2D eigenvalue weighted by Gasteiger charge is -2.18. The van der Waals surface area contributed by atoms with E-state index < -0.39 is 0 Å². The molecule has 8 heteroatoms. The monoisotopic (exact) mass is 512 g/mol. The number of aliphatic imine (C=N–C) groups is 1. The second-order valence-electron chi connectivity index (χ2n) is 5.22. The molecule has 0 aliphatic rings. The number of halogens is 2. The molecule has 1 unspecified atom stereocenters. The van der Waals surface area contributed by atoms with Gasteiger partial charge in [0.25, 0.3) is 0 Å². The summed E-state index contributed by atoms with van der Waals surface area (Å²) < 4.78 is 6.79. The minimum atomic E-state index is -0.0536. The number of hydrogen-bond donors (Lipinski definition) is 2. The number of guanidine groups is 1. The zero-order chi connectivity index (χ0) is 17.2. The average molecular weight is 513 g/mol. The summed E-state index contributed by atoms with van der Waals surface area (Å²) in [6.07, 6.45) is -0.0536. The first kappa shape index (κ1) is 23.0. The number of amides is 1. The van der Waals surface area contributed by atoms with E-state index in [9.17, 15) is 4.79 Å². The quantitative estimate of drug-likeness (QED) is 0.334. The van der Waals surface area contributed by atoms with Crippen LogP contribution in [0.5, 0.6) is 5.75 Å². The van der Waals surface area contributed by atoms with Gasteiger partial charge < -0.3 is 20.3 Å².